The van der Waals surface area contributed by atoms with Crippen LogP contribution in [0.25, 0.3) is 0 Å². The van der Waals surface area contributed by atoms with Gasteiger partial charge in [0.1, 0.15) is 0 Å². The van der Waals surface area contributed by atoms with Crippen LogP contribution in [0.3, 0.4) is 0 Å². The fourth-order valence-corrected chi connectivity index (χ4v) is 0. The van der Waals surface area contributed by atoms with E-state index in [9.17, 15) is 0 Å². The molecule has 0 aliphatic rings. The van der Waals surface area contributed by atoms with Gasteiger partial charge in [-0.05, 0) is 0 Å². The maximum absolute atomic E-state index is 8.36. The van der Waals surface area contributed by atoms with Crippen molar-refractivity contribution in [1.82, 2.24) is 0 Å². The molecule has 34 valence electrons. The summed E-state index contributed by atoms with van der Waals surface area (Å²) >= 11 is 0. The van der Waals surface area contributed by atoms with Crippen molar-refractivity contribution in [3.05, 3.63) is 10.1 Å². The van der Waals surface area contributed by atoms with Crippen LogP contribution in [0.15, 0.2) is 0 Å². The molecular formula is H6AlCaNO3. The van der Waals surface area contributed by atoms with Gasteiger partial charge in [0.05, 0.1) is 0 Å². The minimum absolute atomic E-state index is 0. The summed E-state index contributed by atoms with van der Waals surface area (Å²) in [4.78, 5) is 8.36. The molecule has 0 amide bonds. The van der Waals surface area contributed by atoms with Crippen LogP contribution < -0.4 is 0 Å². The Kier molecular flexibility index (Phi) is 24.6. The van der Waals surface area contributed by atoms with Gasteiger partial charge >= 0.3 is 37.7 Å². The molecule has 0 unspecified atom stereocenters. The molecule has 0 spiro atoms. The average molecular weight is 135 g/mol. The molecule has 6 heavy (non-hydrogen) atoms. The Morgan fingerprint density at radius 3 is 1.67 bits per heavy atom. The first-order chi connectivity index (χ1) is 1.73. The van der Waals surface area contributed by atoms with E-state index < -0.39 is 5.09 Å². The van der Waals surface area contributed by atoms with Gasteiger partial charge in [0, 0.05) is 0 Å². The predicted octanol–water partition coefficient (Wildman–Crippen LogP) is -2.45. The van der Waals surface area contributed by atoms with Gasteiger partial charge in [-0.15, -0.1) is 10.1 Å². The summed E-state index contributed by atoms with van der Waals surface area (Å²) < 4.78 is 0. The molecule has 0 heterocycles. The Hall–Kier alpha value is 0.992. The van der Waals surface area contributed by atoms with Gasteiger partial charge in [-0.25, -0.2) is 0 Å². The van der Waals surface area contributed by atoms with Crippen molar-refractivity contribution in [2.45, 2.75) is 0 Å². The van der Waals surface area contributed by atoms with Crippen LogP contribution in [0, 0.1) is 10.1 Å². The summed E-state index contributed by atoms with van der Waals surface area (Å²) in [5.41, 5.74) is 0. The van der Waals surface area contributed by atoms with E-state index in [-0.39, 0.29) is 55.1 Å². The van der Waals surface area contributed by atoms with Crippen molar-refractivity contribution in [1.29, 1.82) is 0 Å². The van der Waals surface area contributed by atoms with Crippen LogP contribution >= 0.6 is 0 Å². The molecule has 0 aliphatic carbocycles. The molecule has 0 bridgehead atoms. The molecule has 4 nitrogen and oxygen atoms in total. The van der Waals surface area contributed by atoms with E-state index in [2.05, 4.69) is 0 Å². The van der Waals surface area contributed by atoms with Crippen LogP contribution in [0.1, 0.15) is 0 Å². The Morgan fingerprint density at radius 2 is 1.67 bits per heavy atom. The van der Waals surface area contributed by atoms with E-state index >= 15 is 0 Å². The van der Waals surface area contributed by atoms with Crippen LogP contribution in [0.2, 0.25) is 0 Å². The van der Waals surface area contributed by atoms with Crippen molar-refractivity contribution in [2.75, 3.05) is 0 Å². The number of hydrogen-bond acceptors (Lipinski definition) is 2. The summed E-state index contributed by atoms with van der Waals surface area (Å²) in [5, 5.41) is 13.6. The van der Waals surface area contributed by atoms with E-state index in [1.165, 1.54) is 0 Å². The Labute approximate surface area is 74.8 Å². The summed E-state index contributed by atoms with van der Waals surface area (Å²) in [7, 11) is 0. The number of hydrogen-bond donors (Lipinski definition) is 1. The first-order valence-electron chi connectivity index (χ1n) is 0.565. The van der Waals surface area contributed by atoms with Crippen molar-refractivity contribution < 1.29 is 10.3 Å². The van der Waals surface area contributed by atoms with E-state index in [1.54, 1.807) is 0 Å². The first-order valence-corrected chi connectivity index (χ1v) is 0.565. The van der Waals surface area contributed by atoms with Gasteiger partial charge in [0.2, 0.25) is 0 Å². The molecule has 0 atom stereocenters. The van der Waals surface area contributed by atoms with Gasteiger partial charge in [-0.1, -0.05) is 0 Å². The summed E-state index contributed by atoms with van der Waals surface area (Å²) in [5.74, 6) is 0. The van der Waals surface area contributed by atoms with Crippen molar-refractivity contribution in [3.63, 3.8) is 0 Å². The number of rotatable bonds is 0. The van der Waals surface area contributed by atoms with Gasteiger partial charge in [0.25, 0.3) is 5.09 Å². The Balaban J connectivity index is -0.0000000450. The summed E-state index contributed by atoms with van der Waals surface area (Å²) in [6, 6.07) is 0. The van der Waals surface area contributed by atoms with Crippen molar-refractivity contribution >= 4 is 55.1 Å². The van der Waals surface area contributed by atoms with E-state index in [0.717, 1.165) is 0 Å². The Morgan fingerprint density at radius 1 is 1.67 bits per heavy atom. The van der Waals surface area contributed by atoms with Crippen LogP contribution in [-0.2, 0) is 0 Å². The third-order valence-corrected chi connectivity index (χ3v) is 0. The fourth-order valence-electron chi connectivity index (χ4n) is 0. The van der Waals surface area contributed by atoms with Crippen LogP contribution in [0.5, 0.6) is 0 Å². The van der Waals surface area contributed by atoms with Crippen molar-refractivity contribution in [3.8, 4) is 0 Å². The average Bonchev–Trinajstić information content (AvgIpc) is 0.811. The maximum atomic E-state index is 8.36. The molecular weight excluding hydrogens is 129 g/mol. The van der Waals surface area contributed by atoms with Gasteiger partial charge in [-0.2, -0.15) is 0 Å². The SMILES string of the molecule is O=[N+]([O-])O.[AlH3].[CaH2]. The fraction of sp³-hybridized carbons (Fsp3) is 0. The summed E-state index contributed by atoms with van der Waals surface area (Å²) in [6.45, 7) is 0. The third-order valence-electron chi connectivity index (χ3n) is 0. The number of nitrogens with zero attached hydrogens (tertiary/aromatic N) is 1. The second-order valence-corrected chi connectivity index (χ2v) is 0.238. The Bertz CT molecular complexity index is 33.8. The normalized spacial score (nSPS) is 4.00. The standard InChI is InChI=1S/Al.Ca.HNO3.5H/c;;2-1(3)4;;;;;/h;;(H,2,3,4);;;;;. The molecule has 0 aromatic heterocycles. The molecule has 0 saturated carbocycles. The van der Waals surface area contributed by atoms with Gasteiger partial charge < -0.3 is 5.21 Å². The van der Waals surface area contributed by atoms with Crippen LogP contribution in [-0.4, -0.2) is 65.4 Å². The van der Waals surface area contributed by atoms with Gasteiger partial charge in [0.15, 0.2) is 17.4 Å². The molecule has 0 saturated heterocycles. The molecule has 0 radical (unpaired) electrons. The predicted molar refractivity (Wildman–Crippen MR) is 27.3 cm³/mol. The van der Waals surface area contributed by atoms with Crippen molar-refractivity contribution in [2.24, 2.45) is 0 Å². The minimum atomic E-state index is -1.50. The molecule has 0 fully saturated rings. The quantitative estimate of drug-likeness (QED) is 0.228. The van der Waals surface area contributed by atoms with E-state index in [4.69, 9.17) is 15.3 Å². The van der Waals surface area contributed by atoms with E-state index in [0.29, 0.717) is 0 Å². The van der Waals surface area contributed by atoms with Gasteiger partial charge in [-0.3, -0.25) is 0 Å². The van der Waals surface area contributed by atoms with Crippen LogP contribution in [0.4, 0.5) is 0 Å². The topological polar surface area (TPSA) is 63.4 Å². The molecule has 0 aromatic carbocycles. The zero-order chi connectivity index (χ0) is 3.58. The molecule has 6 heteroatoms. The zero-order valence-electron chi connectivity index (χ0n) is 1.71. The van der Waals surface area contributed by atoms with E-state index in [1.807, 2.05) is 0 Å². The molecule has 0 aromatic rings. The monoisotopic (exact) mass is 135 g/mol. The third kappa shape index (κ3) is 80.8. The molecule has 1 N–H and O–H groups in total. The molecule has 0 aliphatic heterocycles. The molecule has 0 rings (SSSR count). The summed E-state index contributed by atoms with van der Waals surface area (Å²) in [6.07, 6.45) is 0. The first kappa shape index (κ1) is 15.8. The second kappa shape index (κ2) is 9.37. The second-order valence-electron chi connectivity index (χ2n) is 0.238. The zero-order valence-corrected chi connectivity index (χ0v) is 1.71.